The number of rotatable bonds is 4. The molecule has 6 nitrogen and oxygen atoms in total. The van der Waals surface area contributed by atoms with Gasteiger partial charge in [-0.15, -0.1) is 0 Å². The summed E-state index contributed by atoms with van der Waals surface area (Å²) >= 11 is 0. The van der Waals surface area contributed by atoms with Gasteiger partial charge >= 0.3 is 0 Å². The molecule has 0 radical (unpaired) electrons. The number of hydrogen-bond donors (Lipinski definition) is 0. The molecule has 1 atom stereocenters. The normalized spacial score (nSPS) is 18.4. The van der Waals surface area contributed by atoms with Crippen molar-refractivity contribution in [3.8, 4) is 0 Å². The number of carbonyl (C=O) groups is 1. The number of fused-ring (bicyclic) bond motifs is 1. The molecule has 1 aromatic carbocycles. The maximum absolute atomic E-state index is 13.4. The van der Waals surface area contributed by atoms with Gasteiger partial charge in [0.2, 0.25) is 5.91 Å². The number of piperazine rings is 1. The van der Waals surface area contributed by atoms with Gasteiger partial charge in [0, 0.05) is 44.7 Å². The van der Waals surface area contributed by atoms with Crippen LogP contribution in [0.3, 0.4) is 0 Å². The third-order valence-corrected chi connectivity index (χ3v) is 6.17. The van der Waals surface area contributed by atoms with Crippen LogP contribution in [0.1, 0.15) is 41.9 Å². The molecule has 2 aliphatic heterocycles. The summed E-state index contributed by atoms with van der Waals surface area (Å²) in [6.45, 7) is 9.41. The number of hydrogen-bond acceptors (Lipinski definition) is 5. The van der Waals surface area contributed by atoms with E-state index in [1.807, 2.05) is 30.0 Å². The van der Waals surface area contributed by atoms with Gasteiger partial charge in [-0.2, -0.15) is 0 Å². The molecule has 0 unspecified atom stereocenters. The van der Waals surface area contributed by atoms with E-state index in [1.54, 1.807) is 0 Å². The molecule has 6 heteroatoms. The molecule has 1 amide bonds. The molecule has 2 aromatic rings. The predicted molar refractivity (Wildman–Crippen MR) is 115 cm³/mol. The monoisotopic (exact) mass is 393 g/mol. The van der Waals surface area contributed by atoms with Gasteiger partial charge in [0.05, 0.1) is 18.2 Å². The molecule has 0 bridgehead atoms. The number of nitrogens with zero attached hydrogens (tertiary/aromatic N) is 5. The van der Waals surface area contributed by atoms with Crippen LogP contribution in [0.15, 0.2) is 30.3 Å². The van der Waals surface area contributed by atoms with Crippen molar-refractivity contribution >= 4 is 11.7 Å². The maximum atomic E-state index is 13.4. The summed E-state index contributed by atoms with van der Waals surface area (Å²) in [5.74, 6) is 1.99. The molecule has 0 aliphatic carbocycles. The lowest BCUT2D eigenvalue weighted by Crippen LogP contribution is -2.46. The third-order valence-electron chi connectivity index (χ3n) is 6.17. The topological polar surface area (TPSA) is 52.6 Å². The minimum Gasteiger partial charge on any atom is -0.354 e. The lowest BCUT2D eigenvalue weighted by molar-refractivity contribution is -0.133. The van der Waals surface area contributed by atoms with E-state index < -0.39 is 0 Å². The molecule has 4 rings (SSSR count). The number of amides is 1. The number of aryl methyl sites for hydroxylation is 1. The first-order chi connectivity index (χ1) is 14.1. The quantitative estimate of drug-likeness (QED) is 0.799. The van der Waals surface area contributed by atoms with E-state index in [0.717, 1.165) is 74.0 Å². The van der Waals surface area contributed by atoms with Crippen LogP contribution in [0, 0.1) is 6.92 Å². The Kier molecular flexibility index (Phi) is 5.81. The van der Waals surface area contributed by atoms with Crippen LogP contribution in [-0.4, -0.2) is 65.4 Å². The van der Waals surface area contributed by atoms with Crippen molar-refractivity contribution in [3.63, 3.8) is 0 Å². The first-order valence-electron chi connectivity index (χ1n) is 10.7. The average molecular weight is 394 g/mol. The van der Waals surface area contributed by atoms with E-state index in [2.05, 4.69) is 35.9 Å². The first-order valence-corrected chi connectivity index (χ1v) is 10.7. The Balaban J connectivity index is 1.59. The Bertz CT molecular complexity index is 861. The van der Waals surface area contributed by atoms with Crippen LogP contribution in [-0.2, 0) is 17.8 Å². The molecule has 0 saturated carbocycles. The summed E-state index contributed by atoms with van der Waals surface area (Å²) < 4.78 is 0. The van der Waals surface area contributed by atoms with Crippen LogP contribution < -0.4 is 4.90 Å². The molecule has 2 aliphatic rings. The second-order valence-electron chi connectivity index (χ2n) is 8.19. The molecule has 1 fully saturated rings. The predicted octanol–water partition coefficient (Wildman–Crippen LogP) is 2.62. The van der Waals surface area contributed by atoms with Gasteiger partial charge in [-0.1, -0.05) is 37.3 Å². The summed E-state index contributed by atoms with van der Waals surface area (Å²) in [6.07, 6.45) is 1.61. The Labute approximate surface area is 173 Å². The second-order valence-corrected chi connectivity index (χ2v) is 8.19. The fourth-order valence-corrected chi connectivity index (χ4v) is 4.44. The molecule has 0 N–H and O–H groups in total. The van der Waals surface area contributed by atoms with Crippen molar-refractivity contribution in [2.75, 3.05) is 44.7 Å². The van der Waals surface area contributed by atoms with Gasteiger partial charge in [-0.05, 0) is 26.0 Å². The van der Waals surface area contributed by atoms with Crippen LogP contribution in [0.4, 0.5) is 5.82 Å². The molecular weight excluding hydrogens is 362 g/mol. The van der Waals surface area contributed by atoms with Crippen LogP contribution in [0.2, 0.25) is 0 Å². The highest BCUT2D eigenvalue weighted by atomic mass is 16.2. The van der Waals surface area contributed by atoms with Crippen LogP contribution in [0.5, 0.6) is 0 Å². The Morgan fingerprint density at radius 3 is 2.48 bits per heavy atom. The zero-order valence-electron chi connectivity index (χ0n) is 17.8. The van der Waals surface area contributed by atoms with Crippen LogP contribution >= 0.6 is 0 Å². The summed E-state index contributed by atoms with van der Waals surface area (Å²) in [4.78, 5) is 29.7. The summed E-state index contributed by atoms with van der Waals surface area (Å²) in [6, 6.07) is 10.1. The van der Waals surface area contributed by atoms with Crippen molar-refractivity contribution in [1.82, 2.24) is 19.8 Å². The molecule has 3 heterocycles. The van der Waals surface area contributed by atoms with Crippen molar-refractivity contribution in [2.45, 2.75) is 39.2 Å². The Hall–Kier alpha value is -2.47. The van der Waals surface area contributed by atoms with Crippen LogP contribution in [0.25, 0.3) is 0 Å². The molecule has 154 valence electrons. The maximum Gasteiger partial charge on any atom is 0.230 e. The van der Waals surface area contributed by atoms with E-state index >= 15 is 0 Å². The molecule has 1 saturated heterocycles. The minimum atomic E-state index is -0.0868. The number of likely N-dealkylation sites (N-methyl/N-ethyl adjacent to an activating group) is 1. The molecular formula is C23H31N5O. The number of benzene rings is 1. The van der Waals surface area contributed by atoms with Crippen molar-refractivity contribution < 1.29 is 4.79 Å². The third kappa shape index (κ3) is 4.13. The molecule has 0 spiro atoms. The van der Waals surface area contributed by atoms with E-state index in [-0.39, 0.29) is 11.8 Å². The first kappa shape index (κ1) is 19.8. The summed E-state index contributed by atoms with van der Waals surface area (Å²) in [5.41, 5.74) is 3.36. The van der Waals surface area contributed by atoms with Crippen molar-refractivity contribution in [2.24, 2.45) is 0 Å². The lowest BCUT2D eigenvalue weighted by atomic mass is 9.93. The van der Waals surface area contributed by atoms with Gasteiger partial charge in [0.25, 0.3) is 0 Å². The summed E-state index contributed by atoms with van der Waals surface area (Å²) in [7, 11) is 2.16. The van der Waals surface area contributed by atoms with Gasteiger partial charge in [0.1, 0.15) is 11.6 Å². The highest BCUT2D eigenvalue weighted by Crippen LogP contribution is 2.30. The van der Waals surface area contributed by atoms with E-state index in [0.29, 0.717) is 6.54 Å². The fraction of sp³-hybridized carbons (Fsp3) is 0.522. The Morgan fingerprint density at radius 2 is 1.79 bits per heavy atom. The van der Waals surface area contributed by atoms with Gasteiger partial charge < -0.3 is 14.7 Å². The minimum absolute atomic E-state index is 0.0868. The van der Waals surface area contributed by atoms with Gasteiger partial charge in [-0.3, -0.25) is 4.79 Å². The highest BCUT2D eigenvalue weighted by Gasteiger charge is 2.31. The largest absolute Gasteiger partial charge is 0.354 e. The SMILES string of the molecule is CC[C@H](C(=O)N1CCc2nc(C)nc(N3CCN(C)CC3)c2C1)c1ccccc1. The standard InChI is InChI=1S/C23H31N5O/c1-4-19(18-8-6-5-7-9-18)23(29)28-11-10-21-20(16-28)22(25-17(2)24-21)27-14-12-26(3)13-15-27/h5-9,19H,4,10-16H2,1-3H3/t19-/m0/s1. The second kappa shape index (κ2) is 8.49. The highest BCUT2D eigenvalue weighted by molar-refractivity contribution is 5.84. The average Bonchev–Trinajstić information content (AvgIpc) is 2.74. The summed E-state index contributed by atoms with van der Waals surface area (Å²) in [5, 5.41) is 0. The molecule has 1 aromatic heterocycles. The van der Waals surface area contributed by atoms with Crippen molar-refractivity contribution in [1.29, 1.82) is 0 Å². The number of anilines is 1. The zero-order valence-corrected chi connectivity index (χ0v) is 17.8. The van der Waals surface area contributed by atoms with Crippen molar-refractivity contribution in [3.05, 3.63) is 53.0 Å². The van der Waals surface area contributed by atoms with E-state index in [9.17, 15) is 4.79 Å². The molecule has 29 heavy (non-hydrogen) atoms. The lowest BCUT2D eigenvalue weighted by Gasteiger charge is -2.37. The fourth-order valence-electron chi connectivity index (χ4n) is 4.44. The van der Waals surface area contributed by atoms with E-state index in [1.165, 1.54) is 0 Å². The smallest absolute Gasteiger partial charge is 0.230 e. The Morgan fingerprint density at radius 1 is 1.07 bits per heavy atom. The van der Waals surface area contributed by atoms with E-state index in [4.69, 9.17) is 9.97 Å². The number of carbonyl (C=O) groups excluding carboxylic acids is 1. The van der Waals surface area contributed by atoms with Gasteiger partial charge in [0.15, 0.2) is 0 Å². The van der Waals surface area contributed by atoms with Gasteiger partial charge in [-0.25, -0.2) is 9.97 Å². The number of aromatic nitrogens is 2. The zero-order chi connectivity index (χ0) is 20.4.